The van der Waals surface area contributed by atoms with Crippen molar-refractivity contribution in [2.24, 2.45) is 5.92 Å². The molecule has 3 atom stereocenters. The highest BCUT2D eigenvalue weighted by Crippen LogP contribution is 2.60. The van der Waals surface area contributed by atoms with Crippen LogP contribution in [-0.2, 0) is 9.53 Å². The van der Waals surface area contributed by atoms with Gasteiger partial charge in [0.05, 0.1) is 12.5 Å². The molecule has 0 heterocycles. The zero-order chi connectivity index (χ0) is 14.8. The zero-order valence-corrected chi connectivity index (χ0v) is 12.5. The highest BCUT2D eigenvalue weighted by Gasteiger charge is 2.56. The molecule has 108 valence electrons. The molecule has 3 unspecified atom stereocenters. The van der Waals surface area contributed by atoms with E-state index in [4.69, 9.17) is 4.74 Å². The Morgan fingerprint density at radius 3 is 2.10 bits per heavy atom. The van der Waals surface area contributed by atoms with Gasteiger partial charge >= 0.3 is 5.97 Å². The van der Waals surface area contributed by atoms with Gasteiger partial charge in [-0.2, -0.15) is 0 Å². The van der Waals surface area contributed by atoms with E-state index in [1.807, 2.05) is 25.1 Å². The number of hydrogen-bond acceptors (Lipinski definition) is 2. The highest BCUT2D eigenvalue weighted by molar-refractivity contribution is 5.80. The molecule has 1 aliphatic rings. The molecule has 0 spiro atoms. The molecule has 1 fully saturated rings. The zero-order valence-electron chi connectivity index (χ0n) is 12.5. The van der Waals surface area contributed by atoms with Gasteiger partial charge in [0.25, 0.3) is 0 Å². The molecule has 0 aliphatic heterocycles. The third-order valence-corrected chi connectivity index (χ3v) is 4.23. The lowest BCUT2D eigenvalue weighted by molar-refractivity contribution is -0.144. The first kappa shape index (κ1) is 13.9. The average Bonchev–Trinajstić information content (AvgIpc) is 3.25. The van der Waals surface area contributed by atoms with Crippen LogP contribution in [0.5, 0.6) is 0 Å². The number of carbonyl (C=O) groups is 1. The Bertz CT molecular complexity index is 616. The molecule has 2 aromatic carbocycles. The molecule has 0 amide bonds. The van der Waals surface area contributed by atoms with Crippen LogP contribution in [0.15, 0.2) is 54.6 Å². The van der Waals surface area contributed by atoms with E-state index in [1.165, 1.54) is 16.7 Å². The van der Waals surface area contributed by atoms with Gasteiger partial charge in [-0.05, 0) is 25.0 Å². The van der Waals surface area contributed by atoms with E-state index in [1.54, 1.807) is 0 Å². The fourth-order valence-corrected chi connectivity index (χ4v) is 3.14. The van der Waals surface area contributed by atoms with Crippen molar-refractivity contribution in [1.82, 2.24) is 0 Å². The average molecular weight is 280 g/mol. The van der Waals surface area contributed by atoms with Crippen LogP contribution in [0.3, 0.4) is 0 Å². The lowest BCUT2D eigenvalue weighted by Crippen LogP contribution is -2.08. The van der Waals surface area contributed by atoms with Gasteiger partial charge in [0.2, 0.25) is 0 Å². The van der Waals surface area contributed by atoms with Gasteiger partial charge in [-0.1, -0.05) is 60.2 Å². The first-order chi connectivity index (χ1) is 10.2. The second kappa shape index (κ2) is 5.72. The minimum Gasteiger partial charge on any atom is -0.466 e. The van der Waals surface area contributed by atoms with E-state index in [2.05, 4.69) is 43.3 Å². The summed E-state index contributed by atoms with van der Waals surface area (Å²) in [5.41, 5.74) is 3.69. The van der Waals surface area contributed by atoms with Gasteiger partial charge in [0.15, 0.2) is 0 Å². The van der Waals surface area contributed by atoms with Crippen LogP contribution in [0, 0.1) is 12.8 Å². The second-order valence-corrected chi connectivity index (χ2v) is 5.65. The lowest BCUT2D eigenvalue weighted by Gasteiger charge is -2.01. The Kier molecular flexibility index (Phi) is 3.78. The van der Waals surface area contributed by atoms with Gasteiger partial charge in [-0.25, -0.2) is 0 Å². The van der Waals surface area contributed by atoms with E-state index in [9.17, 15) is 4.79 Å². The predicted molar refractivity (Wildman–Crippen MR) is 83.2 cm³/mol. The Hall–Kier alpha value is -2.09. The SMILES string of the molecule is CCOC(=O)C1C(c2ccccc2)C1c1ccc(C)cc1. The van der Waals surface area contributed by atoms with Gasteiger partial charge < -0.3 is 4.74 Å². The third kappa shape index (κ3) is 2.71. The minimum atomic E-state index is -0.0723. The van der Waals surface area contributed by atoms with Gasteiger partial charge in [-0.15, -0.1) is 0 Å². The molecule has 2 aromatic rings. The maximum absolute atomic E-state index is 12.2. The first-order valence-corrected chi connectivity index (χ1v) is 7.50. The maximum atomic E-state index is 12.2. The maximum Gasteiger partial charge on any atom is 0.310 e. The summed E-state index contributed by atoms with van der Waals surface area (Å²) < 4.78 is 5.25. The van der Waals surface area contributed by atoms with E-state index < -0.39 is 0 Å². The normalized spacial score (nSPS) is 23.6. The summed E-state index contributed by atoms with van der Waals surface area (Å²) in [7, 11) is 0. The molecule has 1 aliphatic carbocycles. The molecule has 0 radical (unpaired) electrons. The summed E-state index contributed by atoms with van der Waals surface area (Å²) in [6, 6.07) is 18.8. The predicted octanol–water partition coefficient (Wildman–Crippen LogP) is 4.06. The standard InChI is InChI=1S/C19H20O2/c1-3-21-19(20)18-16(14-7-5-4-6-8-14)17(18)15-11-9-13(2)10-12-15/h4-12,16-18H,3H2,1-2H3. The number of rotatable bonds is 4. The minimum absolute atomic E-state index is 0.0462. The third-order valence-electron chi connectivity index (χ3n) is 4.23. The number of benzene rings is 2. The Labute approximate surface area is 125 Å². The Balaban J connectivity index is 1.89. The van der Waals surface area contributed by atoms with E-state index >= 15 is 0 Å². The number of carbonyl (C=O) groups excluding carboxylic acids is 1. The lowest BCUT2D eigenvalue weighted by atomic mass is 10.0. The van der Waals surface area contributed by atoms with Gasteiger partial charge in [-0.3, -0.25) is 4.79 Å². The molecule has 1 saturated carbocycles. The molecular formula is C19H20O2. The van der Waals surface area contributed by atoms with Gasteiger partial charge in [0, 0.05) is 11.8 Å². The Morgan fingerprint density at radius 1 is 0.952 bits per heavy atom. The second-order valence-electron chi connectivity index (χ2n) is 5.65. The van der Waals surface area contributed by atoms with Crippen LogP contribution in [-0.4, -0.2) is 12.6 Å². The van der Waals surface area contributed by atoms with E-state index in [-0.39, 0.29) is 23.7 Å². The van der Waals surface area contributed by atoms with Crippen LogP contribution in [0.25, 0.3) is 0 Å². The number of esters is 1. The largest absolute Gasteiger partial charge is 0.466 e. The highest BCUT2D eigenvalue weighted by atomic mass is 16.5. The molecule has 0 saturated heterocycles. The smallest absolute Gasteiger partial charge is 0.310 e. The fourth-order valence-electron chi connectivity index (χ4n) is 3.14. The van der Waals surface area contributed by atoms with Crippen molar-refractivity contribution in [2.75, 3.05) is 6.61 Å². The van der Waals surface area contributed by atoms with Crippen molar-refractivity contribution >= 4 is 5.97 Å². The van der Waals surface area contributed by atoms with Crippen LogP contribution >= 0.6 is 0 Å². The summed E-state index contributed by atoms with van der Waals surface area (Å²) >= 11 is 0. The van der Waals surface area contributed by atoms with Crippen molar-refractivity contribution in [2.45, 2.75) is 25.7 Å². The number of ether oxygens (including phenoxy) is 1. The quantitative estimate of drug-likeness (QED) is 0.790. The van der Waals surface area contributed by atoms with Crippen LogP contribution < -0.4 is 0 Å². The van der Waals surface area contributed by atoms with Crippen LogP contribution in [0.4, 0.5) is 0 Å². The summed E-state index contributed by atoms with van der Waals surface area (Å²) in [6.45, 7) is 4.38. The van der Waals surface area contributed by atoms with Crippen molar-refractivity contribution in [3.05, 3.63) is 71.3 Å². The molecule has 21 heavy (non-hydrogen) atoms. The number of aryl methyl sites for hydroxylation is 1. The fraction of sp³-hybridized carbons (Fsp3) is 0.316. The first-order valence-electron chi connectivity index (χ1n) is 7.50. The van der Waals surface area contributed by atoms with Gasteiger partial charge in [0.1, 0.15) is 0 Å². The molecule has 0 bridgehead atoms. The number of hydrogen-bond donors (Lipinski definition) is 0. The molecular weight excluding hydrogens is 260 g/mol. The summed E-state index contributed by atoms with van der Waals surface area (Å²) in [4.78, 5) is 12.2. The molecule has 0 N–H and O–H groups in total. The van der Waals surface area contributed by atoms with Crippen molar-refractivity contribution < 1.29 is 9.53 Å². The molecule has 2 heteroatoms. The topological polar surface area (TPSA) is 26.3 Å². The summed E-state index contributed by atoms with van der Waals surface area (Å²) in [5, 5.41) is 0. The molecule has 0 aromatic heterocycles. The van der Waals surface area contributed by atoms with E-state index in [0.29, 0.717) is 6.61 Å². The molecule has 2 nitrogen and oxygen atoms in total. The summed E-state index contributed by atoms with van der Waals surface area (Å²) in [6.07, 6.45) is 0. The van der Waals surface area contributed by atoms with Crippen molar-refractivity contribution in [1.29, 1.82) is 0 Å². The van der Waals surface area contributed by atoms with Crippen LogP contribution in [0.2, 0.25) is 0 Å². The summed E-state index contributed by atoms with van der Waals surface area (Å²) in [5.74, 6) is 0.368. The molecule has 3 rings (SSSR count). The van der Waals surface area contributed by atoms with E-state index in [0.717, 1.165) is 0 Å². The van der Waals surface area contributed by atoms with Crippen molar-refractivity contribution in [3.63, 3.8) is 0 Å². The monoisotopic (exact) mass is 280 g/mol. The van der Waals surface area contributed by atoms with Crippen LogP contribution in [0.1, 0.15) is 35.4 Å². The van der Waals surface area contributed by atoms with Crippen molar-refractivity contribution in [3.8, 4) is 0 Å². The Morgan fingerprint density at radius 2 is 1.52 bits per heavy atom.